The highest BCUT2D eigenvalue weighted by molar-refractivity contribution is 9.10. The number of ether oxygens (including phenoxy) is 1. The standard InChI is InChI=1S/C10H10BrN5O3/c1-6(8-5-15(2)14-13-8)19-9-3-7(11)4-12-10(9)16(17)18/h3-6H,1-2H3. The van der Waals surface area contributed by atoms with E-state index in [1.165, 1.54) is 16.9 Å². The molecule has 0 N–H and O–H groups in total. The van der Waals surface area contributed by atoms with Crippen LogP contribution >= 0.6 is 15.9 Å². The molecule has 2 heterocycles. The van der Waals surface area contributed by atoms with Crippen LogP contribution in [0.1, 0.15) is 18.7 Å². The number of hydrogen-bond donors (Lipinski definition) is 0. The van der Waals surface area contributed by atoms with Crippen molar-refractivity contribution in [2.24, 2.45) is 7.05 Å². The Kier molecular flexibility index (Phi) is 3.74. The third kappa shape index (κ3) is 3.05. The fraction of sp³-hybridized carbons (Fsp3) is 0.300. The first-order chi connectivity index (χ1) is 8.97. The van der Waals surface area contributed by atoms with Crippen molar-refractivity contribution in [3.8, 4) is 5.75 Å². The van der Waals surface area contributed by atoms with Gasteiger partial charge in [0.1, 0.15) is 11.8 Å². The molecule has 0 saturated carbocycles. The summed E-state index contributed by atoms with van der Waals surface area (Å²) in [7, 11) is 1.73. The molecular weight excluding hydrogens is 318 g/mol. The van der Waals surface area contributed by atoms with Gasteiger partial charge in [0.25, 0.3) is 0 Å². The van der Waals surface area contributed by atoms with Crippen LogP contribution < -0.4 is 4.74 Å². The molecule has 0 radical (unpaired) electrons. The van der Waals surface area contributed by atoms with Crippen molar-refractivity contribution in [1.82, 2.24) is 20.0 Å². The summed E-state index contributed by atoms with van der Waals surface area (Å²) in [6, 6.07) is 1.50. The van der Waals surface area contributed by atoms with Gasteiger partial charge < -0.3 is 14.9 Å². The second-order valence-corrected chi connectivity index (χ2v) is 4.73. The van der Waals surface area contributed by atoms with Gasteiger partial charge in [-0.1, -0.05) is 5.21 Å². The van der Waals surface area contributed by atoms with E-state index >= 15 is 0 Å². The molecule has 0 aliphatic rings. The van der Waals surface area contributed by atoms with E-state index in [4.69, 9.17) is 4.74 Å². The largest absolute Gasteiger partial charge is 0.476 e. The zero-order valence-corrected chi connectivity index (χ0v) is 11.7. The highest BCUT2D eigenvalue weighted by Crippen LogP contribution is 2.30. The third-order valence-electron chi connectivity index (χ3n) is 2.31. The van der Waals surface area contributed by atoms with Gasteiger partial charge in [0.05, 0.1) is 10.7 Å². The van der Waals surface area contributed by atoms with Crippen LogP contribution in [0.25, 0.3) is 0 Å². The van der Waals surface area contributed by atoms with Gasteiger partial charge in [-0.3, -0.25) is 4.68 Å². The van der Waals surface area contributed by atoms with E-state index in [-0.39, 0.29) is 11.6 Å². The van der Waals surface area contributed by atoms with Gasteiger partial charge in [-0.2, -0.15) is 0 Å². The fourth-order valence-corrected chi connectivity index (χ4v) is 1.75. The predicted octanol–water partition coefficient (Wildman–Crippen LogP) is 2.02. The Hall–Kier alpha value is -2.03. The molecule has 1 atom stereocenters. The number of aromatic nitrogens is 4. The Morgan fingerprint density at radius 2 is 2.32 bits per heavy atom. The molecular formula is C10H10BrN5O3. The van der Waals surface area contributed by atoms with E-state index in [0.717, 1.165) is 0 Å². The minimum atomic E-state index is -0.592. The van der Waals surface area contributed by atoms with E-state index in [1.54, 1.807) is 20.2 Å². The average Bonchev–Trinajstić information content (AvgIpc) is 2.75. The molecule has 100 valence electrons. The number of nitrogens with zero attached hydrogens (tertiary/aromatic N) is 5. The summed E-state index contributed by atoms with van der Waals surface area (Å²) in [5, 5.41) is 18.5. The molecule has 0 aromatic carbocycles. The van der Waals surface area contributed by atoms with Gasteiger partial charge in [0.2, 0.25) is 5.75 Å². The summed E-state index contributed by atoms with van der Waals surface area (Å²) in [5.74, 6) is -0.253. The van der Waals surface area contributed by atoms with Crippen LogP contribution in [0.15, 0.2) is 22.9 Å². The van der Waals surface area contributed by atoms with Crippen molar-refractivity contribution in [2.75, 3.05) is 0 Å². The molecule has 2 rings (SSSR count). The molecule has 2 aromatic heterocycles. The van der Waals surface area contributed by atoms with Crippen molar-refractivity contribution in [2.45, 2.75) is 13.0 Å². The number of hydrogen-bond acceptors (Lipinski definition) is 6. The molecule has 0 aliphatic heterocycles. The quantitative estimate of drug-likeness (QED) is 0.629. The van der Waals surface area contributed by atoms with Crippen molar-refractivity contribution < 1.29 is 9.66 Å². The Bertz CT molecular complexity index is 615. The molecule has 0 amide bonds. The van der Waals surface area contributed by atoms with Gasteiger partial charge in [0, 0.05) is 13.1 Å². The van der Waals surface area contributed by atoms with Gasteiger partial charge in [-0.15, -0.1) is 5.10 Å². The maximum absolute atomic E-state index is 10.9. The molecule has 0 fully saturated rings. The second kappa shape index (κ2) is 5.31. The molecule has 2 aromatic rings. The summed E-state index contributed by atoms with van der Waals surface area (Å²) < 4.78 is 7.66. The Morgan fingerprint density at radius 3 is 2.89 bits per heavy atom. The molecule has 8 nitrogen and oxygen atoms in total. The zero-order chi connectivity index (χ0) is 14.0. The number of rotatable bonds is 4. The molecule has 1 unspecified atom stereocenters. The van der Waals surface area contributed by atoms with Gasteiger partial charge in [0.15, 0.2) is 6.20 Å². The minimum absolute atomic E-state index is 0.0810. The zero-order valence-electron chi connectivity index (χ0n) is 10.1. The first kappa shape index (κ1) is 13.4. The van der Waals surface area contributed by atoms with E-state index in [1.807, 2.05) is 0 Å². The average molecular weight is 328 g/mol. The van der Waals surface area contributed by atoms with Crippen LogP contribution in [0.2, 0.25) is 0 Å². The first-order valence-corrected chi connectivity index (χ1v) is 6.09. The molecule has 0 saturated heterocycles. The highest BCUT2D eigenvalue weighted by atomic mass is 79.9. The smallest absolute Gasteiger partial charge is 0.406 e. The molecule has 9 heteroatoms. The SMILES string of the molecule is CC(Oc1cc(Br)cnc1[N+](=O)[O-])c1cn(C)nn1. The maximum Gasteiger partial charge on any atom is 0.406 e. The van der Waals surface area contributed by atoms with E-state index in [0.29, 0.717) is 10.2 Å². The second-order valence-electron chi connectivity index (χ2n) is 3.81. The number of nitro groups is 1. The molecule has 19 heavy (non-hydrogen) atoms. The Labute approximate surface area is 116 Å². The van der Waals surface area contributed by atoms with Crippen molar-refractivity contribution in [3.05, 3.63) is 38.7 Å². The Morgan fingerprint density at radius 1 is 1.58 bits per heavy atom. The minimum Gasteiger partial charge on any atom is -0.476 e. The predicted molar refractivity (Wildman–Crippen MR) is 68.6 cm³/mol. The number of pyridine rings is 1. The van der Waals surface area contributed by atoms with Gasteiger partial charge >= 0.3 is 5.82 Å². The molecule has 0 bridgehead atoms. The topological polar surface area (TPSA) is 96.0 Å². The summed E-state index contributed by atoms with van der Waals surface area (Å²) in [4.78, 5) is 14.0. The lowest BCUT2D eigenvalue weighted by Crippen LogP contribution is -2.06. The van der Waals surface area contributed by atoms with Crippen molar-refractivity contribution in [3.63, 3.8) is 0 Å². The normalized spacial score (nSPS) is 12.2. The van der Waals surface area contributed by atoms with Crippen LogP contribution in [0.4, 0.5) is 5.82 Å². The number of aryl methyl sites for hydroxylation is 1. The van der Waals surface area contributed by atoms with Gasteiger partial charge in [-0.25, -0.2) is 0 Å². The van der Waals surface area contributed by atoms with Crippen LogP contribution in [0.3, 0.4) is 0 Å². The van der Waals surface area contributed by atoms with E-state index < -0.39 is 11.0 Å². The summed E-state index contributed by atoms with van der Waals surface area (Å²) >= 11 is 3.20. The van der Waals surface area contributed by atoms with E-state index in [9.17, 15) is 10.1 Å². The fourth-order valence-electron chi connectivity index (χ4n) is 1.44. The highest BCUT2D eigenvalue weighted by Gasteiger charge is 2.21. The summed E-state index contributed by atoms with van der Waals surface area (Å²) in [5.41, 5.74) is 0.580. The van der Waals surface area contributed by atoms with Crippen LogP contribution in [-0.4, -0.2) is 24.9 Å². The number of halogens is 1. The molecule has 0 aliphatic carbocycles. The van der Waals surface area contributed by atoms with Crippen LogP contribution in [0.5, 0.6) is 5.75 Å². The lowest BCUT2D eigenvalue weighted by atomic mass is 10.3. The first-order valence-electron chi connectivity index (χ1n) is 5.30. The monoisotopic (exact) mass is 327 g/mol. The maximum atomic E-state index is 10.9. The third-order valence-corrected chi connectivity index (χ3v) is 2.75. The van der Waals surface area contributed by atoms with Crippen molar-refractivity contribution >= 4 is 21.7 Å². The van der Waals surface area contributed by atoms with Gasteiger partial charge in [-0.05, 0) is 32.8 Å². The van der Waals surface area contributed by atoms with Crippen LogP contribution in [-0.2, 0) is 7.05 Å². The summed E-state index contributed by atoms with van der Waals surface area (Å²) in [6.07, 6.45) is 2.56. The molecule has 0 spiro atoms. The lowest BCUT2D eigenvalue weighted by Gasteiger charge is -2.11. The Balaban J connectivity index is 2.27. The van der Waals surface area contributed by atoms with Crippen molar-refractivity contribution in [1.29, 1.82) is 0 Å². The van der Waals surface area contributed by atoms with E-state index in [2.05, 4.69) is 31.2 Å². The summed E-state index contributed by atoms with van der Waals surface area (Å²) in [6.45, 7) is 1.73. The lowest BCUT2D eigenvalue weighted by molar-refractivity contribution is -0.390. The van der Waals surface area contributed by atoms with Crippen LogP contribution in [0, 0.1) is 10.1 Å².